The fourth-order valence-electron chi connectivity index (χ4n) is 3.35. The van der Waals surface area contributed by atoms with Gasteiger partial charge in [0, 0.05) is 31.9 Å². The number of rotatable bonds is 6. The molecule has 1 aromatic heterocycles. The minimum absolute atomic E-state index is 0.0690. The van der Waals surface area contributed by atoms with Gasteiger partial charge in [0.1, 0.15) is 11.2 Å². The molecule has 1 aromatic carbocycles. The van der Waals surface area contributed by atoms with Gasteiger partial charge in [0.15, 0.2) is 0 Å². The molecule has 1 saturated heterocycles. The van der Waals surface area contributed by atoms with E-state index in [1.807, 2.05) is 38.1 Å². The number of nitrogens with zero attached hydrogens (tertiary/aromatic N) is 4. The first-order valence-corrected chi connectivity index (χ1v) is 9.52. The molecule has 0 spiro atoms. The van der Waals surface area contributed by atoms with E-state index in [0.717, 1.165) is 11.3 Å². The van der Waals surface area contributed by atoms with Crippen molar-refractivity contribution >= 4 is 29.3 Å². The minimum atomic E-state index is -0.998. The van der Waals surface area contributed by atoms with Crippen LogP contribution in [0.1, 0.15) is 32.8 Å². The zero-order chi connectivity index (χ0) is 21.0. The van der Waals surface area contributed by atoms with Crippen LogP contribution in [0.5, 0.6) is 0 Å². The summed E-state index contributed by atoms with van der Waals surface area (Å²) in [6, 6.07) is 11.4. The van der Waals surface area contributed by atoms with Gasteiger partial charge in [0.25, 0.3) is 0 Å². The molecule has 3 rings (SSSR count). The van der Waals surface area contributed by atoms with Crippen LogP contribution in [-0.2, 0) is 16.1 Å². The van der Waals surface area contributed by atoms with Crippen LogP contribution in [0, 0.1) is 22.7 Å². The van der Waals surface area contributed by atoms with Crippen molar-refractivity contribution in [1.82, 2.24) is 15.3 Å². The van der Waals surface area contributed by atoms with Gasteiger partial charge in [-0.25, -0.2) is 4.98 Å². The molecule has 1 unspecified atom stereocenters. The lowest BCUT2D eigenvalue weighted by Gasteiger charge is -2.24. The molecule has 1 fully saturated rings. The molecule has 0 bridgehead atoms. The first kappa shape index (κ1) is 20.3. The zero-order valence-electron chi connectivity index (χ0n) is 16.8. The second kappa shape index (κ2) is 8.27. The topological polar surface area (TPSA) is 111 Å². The Balaban J connectivity index is 1.73. The van der Waals surface area contributed by atoms with Crippen LogP contribution in [0.3, 0.4) is 0 Å². The molecule has 1 aliphatic rings. The fraction of sp³-hybridized carbons (Fsp3) is 0.381. The van der Waals surface area contributed by atoms with Crippen LogP contribution in [0.2, 0.25) is 0 Å². The van der Waals surface area contributed by atoms with E-state index in [0.29, 0.717) is 31.3 Å². The van der Waals surface area contributed by atoms with E-state index in [2.05, 4.69) is 26.7 Å². The minimum Gasteiger partial charge on any atom is -0.352 e. The number of hydrogen-bond acceptors (Lipinski definition) is 6. The highest BCUT2D eigenvalue weighted by atomic mass is 16.2. The SMILES string of the molecule is CC(=O)NCc1ccc(Nc2nccc(N3CCC(C#N)(C(C)C)C3=O)n2)cc1. The monoisotopic (exact) mass is 392 g/mol. The summed E-state index contributed by atoms with van der Waals surface area (Å²) in [5, 5.41) is 15.5. The van der Waals surface area contributed by atoms with Crippen molar-refractivity contribution in [2.24, 2.45) is 11.3 Å². The summed E-state index contributed by atoms with van der Waals surface area (Å²) >= 11 is 0. The molecular formula is C21H24N6O2. The van der Waals surface area contributed by atoms with E-state index >= 15 is 0 Å². The van der Waals surface area contributed by atoms with Gasteiger partial charge in [-0.2, -0.15) is 10.2 Å². The third-order valence-corrected chi connectivity index (χ3v) is 5.21. The van der Waals surface area contributed by atoms with E-state index in [4.69, 9.17) is 0 Å². The number of carbonyl (C=O) groups is 2. The Morgan fingerprint density at radius 2 is 2.03 bits per heavy atom. The Bertz CT molecular complexity index is 950. The maximum atomic E-state index is 12.9. The van der Waals surface area contributed by atoms with E-state index in [-0.39, 0.29) is 17.7 Å². The van der Waals surface area contributed by atoms with Gasteiger partial charge < -0.3 is 10.6 Å². The Hall–Kier alpha value is -3.47. The van der Waals surface area contributed by atoms with E-state index < -0.39 is 5.41 Å². The fourth-order valence-corrected chi connectivity index (χ4v) is 3.35. The summed E-state index contributed by atoms with van der Waals surface area (Å²) in [6.45, 7) is 6.20. The Labute approximate surface area is 170 Å². The van der Waals surface area contributed by atoms with Gasteiger partial charge in [-0.1, -0.05) is 26.0 Å². The quantitative estimate of drug-likeness (QED) is 0.782. The molecule has 2 heterocycles. The highest BCUT2D eigenvalue weighted by molar-refractivity contribution is 6.01. The summed E-state index contributed by atoms with van der Waals surface area (Å²) < 4.78 is 0. The zero-order valence-corrected chi connectivity index (χ0v) is 16.8. The number of benzene rings is 1. The molecular weight excluding hydrogens is 368 g/mol. The van der Waals surface area contributed by atoms with Crippen LogP contribution >= 0.6 is 0 Å². The van der Waals surface area contributed by atoms with Gasteiger partial charge in [-0.05, 0) is 36.1 Å². The molecule has 0 radical (unpaired) electrons. The van der Waals surface area contributed by atoms with Crippen LogP contribution in [0.25, 0.3) is 0 Å². The largest absolute Gasteiger partial charge is 0.352 e. The molecule has 0 aliphatic carbocycles. The van der Waals surface area contributed by atoms with Gasteiger partial charge in [0.05, 0.1) is 6.07 Å². The Morgan fingerprint density at radius 3 is 2.62 bits per heavy atom. The van der Waals surface area contributed by atoms with Crippen molar-refractivity contribution in [3.8, 4) is 6.07 Å². The molecule has 0 saturated carbocycles. The van der Waals surface area contributed by atoms with Gasteiger partial charge in [-0.15, -0.1) is 0 Å². The average Bonchev–Trinajstić information content (AvgIpc) is 3.05. The van der Waals surface area contributed by atoms with Crippen molar-refractivity contribution in [2.75, 3.05) is 16.8 Å². The molecule has 1 aliphatic heterocycles. The number of aromatic nitrogens is 2. The number of anilines is 3. The molecule has 2 N–H and O–H groups in total. The van der Waals surface area contributed by atoms with Crippen LogP contribution < -0.4 is 15.5 Å². The number of nitriles is 1. The standard InChI is InChI=1S/C21H24N6O2/c1-14(2)21(13-22)9-11-27(19(21)29)18-8-10-23-20(26-18)25-17-6-4-16(5-7-17)12-24-15(3)28/h4-8,10,14H,9,11-12H2,1-3H3,(H,24,28)(H,23,25,26). The molecule has 8 nitrogen and oxygen atoms in total. The van der Waals surface area contributed by atoms with Gasteiger partial charge >= 0.3 is 0 Å². The van der Waals surface area contributed by atoms with Crippen molar-refractivity contribution in [3.05, 3.63) is 42.1 Å². The van der Waals surface area contributed by atoms with Gasteiger partial charge in [0.2, 0.25) is 17.8 Å². The normalized spacial score (nSPS) is 18.6. The van der Waals surface area contributed by atoms with Crippen molar-refractivity contribution in [3.63, 3.8) is 0 Å². The summed E-state index contributed by atoms with van der Waals surface area (Å²) in [5.74, 6) is 0.491. The molecule has 8 heteroatoms. The smallest absolute Gasteiger partial charge is 0.248 e. The number of amides is 2. The second-order valence-electron chi connectivity index (χ2n) is 7.41. The third kappa shape index (κ3) is 4.19. The Morgan fingerprint density at radius 1 is 1.31 bits per heavy atom. The molecule has 29 heavy (non-hydrogen) atoms. The van der Waals surface area contributed by atoms with Crippen molar-refractivity contribution in [2.45, 2.75) is 33.7 Å². The number of hydrogen-bond donors (Lipinski definition) is 2. The number of carbonyl (C=O) groups excluding carboxylic acids is 2. The highest BCUT2D eigenvalue weighted by Gasteiger charge is 2.50. The van der Waals surface area contributed by atoms with Crippen LogP contribution in [0.15, 0.2) is 36.5 Å². The molecule has 150 valence electrons. The van der Waals surface area contributed by atoms with E-state index in [1.165, 1.54) is 6.92 Å². The first-order valence-electron chi connectivity index (χ1n) is 9.52. The third-order valence-electron chi connectivity index (χ3n) is 5.21. The van der Waals surface area contributed by atoms with E-state index in [1.54, 1.807) is 17.2 Å². The highest BCUT2D eigenvalue weighted by Crippen LogP contribution is 2.40. The van der Waals surface area contributed by atoms with Crippen molar-refractivity contribution < 1.29 is 9.59 Å². The maximum Gasteiger partial charge on any atom is 0.248 e. The molecule has 2 amide bonds. The van der Waals surface area contributed by atoms with Crippen LogP contribution in [-0.4, -0.2) is 28.3 Å². The summed E-state index contributed by atoms with van der Waals surface area (Å²) in [5.41, 5.74) is 0.766. The van der Waals surface area contributed by atoms with Crippen molar-refractivity contribution in [1.29, 1.82) is 5.26 Å². The van der Waals surface area contributed by atoms with E-state index in [9.17, 15) is 14.9 Å². The summed E-state index contributed by atoms with van der Waals surface area (Å²) in [7, 11) is 0. The average molecular weight is 392 g/mol. The predicted molar refractivity (Wildman–Crippen MR) is 109 cm³/mol. The molecule has 1 atom stereocenters. The lowest BCUT2D eigenvalue weighted by atomic mass is 9.77. The Kier molecular flexibility index (Phi) is 5.78. The van der Waals surface area contributed by atoms with Crippen LogP contribution in [0.4, 0.5) is 17.5 Å². The van der Waals surface area contributed by atoms with Gasteiger partial charge in [-0.3, -0.25) is 14.5 Å². The molecule has 2 aromatic rings. The maximum absolute atomic E-state index is 12.9. The lowest BCUT2D eigenvalue weighted by Crippen LogP contribution is -2.37. The predicted octanol–water partition coefficient (Wildman–Crippen LogP) is 2.76. The summed E-state index contributed by atoms with van der Waals surface area (Å²) in [6.07, 6.45) is 2.08. The number of nitrogens with one attached hydrogen (secondary N) is 2. The lowest BCUT2D eigenvalue weighted by molar-refractivity contribution is -0.124. The summed E-state index contributed by atoms with van der Waals surface area (Å²) in [4.78, 5) is 34.2. The first-order chi connectivity index (χ1) is 13.9. The second-order valence-corrected chi connectivity index (χ2v) is 7.41.